The molecule has 4 bridgehead atoms. The number of sulfone groups is 1. The lowest BCUT2D eigenvalue weighted by Crippen LogP contribution is -2.45. The molecule has 1 atom stereocenters. The molecule has 0 spiro atoms. The zero-order valence-electron chi connectivity index (χ0n) is 29.6. The molecule has 3 aliphatic heterocycles. The quantitative estimate of drug-likeness (QED) is 0.330. The number of hydrogen-bond acceptors (Lipinski definition) is 9. The van der Waals surface area contributed by atoms with E-state index in [1.165, 1.54) is 12.1 Å². The van der Waals surface area contributed by atoms with Gasteiger partial charge in [-0.1, -0.05) is 30.3 Å². The zero-order valence-corrected chi connectivity index (χ0v) is 30.4. The summed E-state index contributed by atoms with van der Waals surface area (Å²) in [5, 5.41) is 4.63. The molecule has 3 amide bonds. The van der Waals surface area contributed by atoms with Crippen molar-refractivity contribution in [2.24, 2.45) is 0 Å². The Kier molecular flexibility index (Phi) is 10.6. The molecule has 0 saturated carbocycles. The number of pyridine rings is 1. The summed E-state index contributed by atoms with van der Waals surface area (Å²) in [5.41, 5.74) is 2.06. The van der Waals surface area contributed by atoms with E-state index in [1.54, 1.807) is 46.1 Å². The molecular weight excluding hydrogens is 702 g/mol. The molecule has 3 aromatic carbocycles. The molecule has 1 aromatic heterocycles. The number of halogens is 1. The summed E-state index contributed by atoms with van der Waals surface area (Å²) < 4.78 is 51.8. The van der Waals surface area contributed by atoms with Crippen LogP contribution >= 0.6 is 0 Å². The van der Waals surface area contributed by atoms with Gasteiger partial charge in [-0.05, 0) is 73.2 Å². The highest BCUT2D eigenvalue weighted by molar-refractivity contribution is 7.91. The average Bonchev–Trinajstić information content (AvgIpc) is 3.38. The number of aromatic nitrogens is 1. The van der Waals surface area contributed by atoms with Crippen LogP contribution in [0.4, 0.5) is 4.39 Å². The first-order valence-electron chi connectivity index (χ1n) is 17.9. The van der Waals surface area contributed by atoms with Crippen molar-refractivity contribution in [3.63, 3.8) is 0 Å². The van der Waals surface area contributed by atoms with E-state index < -0.39 is 21.6 Å². The van der Waals surface area contributed by atoms with Gasteiger partial charge < -0.3 is 24.6 Å². The first-order valence-corrected chi connectivity index (χ1v) is 19.7. The Morgan fingerprint density at radius 1 is 0.962 bits per heavy atom. The summed E-state index contributed by atoms with van der Waals surface area (Å²) in [5.74, 6) is -0.636. The summed E-state index contributed by atoms with van der Waals surface area (Å²) >= 11 is 0. The van der Waals surface area contributed by atoms with Gasteiger partial charge in [-0.15, -0.1) is 0 Å². The van der Waals surface area contributed by atoms with Crippen LogP contribution in [-0.4, -0.2) is 116 Å². The van der Waals surface area contributed by atoms with Crippen LogP contribution in [0.3, 0.4) is 0 Å². The third-order valence-electron chi connectivity index (χ3n) is 10.1. The highest BCUT2D eigenvalue weighted by atomic mass is 32.2. The maximum Gasteiger partial charge on any atom is 0.272 e. The summed E-state index contributed by atoms with van der Waals surface area (Å²) in [6, 6.07) is 17.2. The van der Waals surface area contributed by atoms with E-state index in [0.717, 1.165) is 10.8 Å². The summed E-state index contributed by atoms with van der Waals surface area (Å²) in [6.45, 7) is 1.75. The van der Waals surface area contributed by atoms with Crippen LogP contribution in [0.5, 0.6) is 11.5 Å². The molecule has 0 aliphatic carbocycles. The molecule has 12 nitrogen and oxygen atoms in total. The summed E-state index contributed by atoms with van der Waals surface area (Å²) in [6.07, 6.45) is 3.29. The number of nitrogens with zero attached hydrogens (tertiary/aromatic N) is 4. The second kappa shape index (κ2) is 15.5. The number of benzene rings is 3. The first-order chi connectivity index (χ1) is 25.5. The van der Waals surface area contributed by atoms with E-state index in [1.807, 2.05) is 30.3 Å². The average molecular weight is 744 g/mol. The highest BCUT2D eigenvalue weighted by Crippen LogP contribution is 2.39. The molecule has 3 aliphatic rings. The molecular formula is C39H42FN5O7S. The van der Waals surface area contributed by atoms with E-state index in [0.29, 0.717) is 59.7 Å². The lowest BCUT2D eigenvalue weighted by atomic mass is 9.99. The topological polar surface area (TPSA) is 138 Å². The van der Waals surface area contributed by atoms with Crippen molar-refractivity contribution in [1.29, 1.82) is 0 Å². The van der Waals surface area contributed by atoms with Crippen molar-refractivity contribution >= 4 is 38.3 Å². The minimum atomic E-state index is -3.11. The first kappa shape index (κ1) is 36.3. The van der Waals surface area contributed by atoms with Crippen LogP contribution in [0.2, 0.25) is 0 Å². The molecule has 1 N–H and O–H groups in total. The smallest absolute Gasteiger partial charge is 0.272 e. The number of amides is 3. The molecule has 7 rings (SSSR count). The maximum absolute atomic E-state index is 15.0. The van der Waals surface area contributed by atoms with Gasteiger partial charge in [0.1, 0.15) is 24.7 Å². The summed E-state index contributed by atoms with van der Waals surface area (Å²) in [7, 11) is -1.35. The molecule has 14 heteroatoms. The third-order valence-corrected chi connectivity index (χ3v) is 11.9. The van der Waals surface area contributed by atoms with Crippen LogP contribution in [0.1, 0.15) is 45.7 Å². The van der Waals surface area contributed by atoms with Gasteiger partial charge in [-0.2, -0.15) is 0 Å². The van der Waals surface area contributed by atoms with Crippen LogP contribution < -0.4 is 14.8 Å². The molecule has 1 unspecified atom stereocenters. The second-order valence-corrected chi connectivity index (χ2v) is 16.0. The van der Waals surface area contributed by atoms with Crippen molar-refractivity contribution < 1.29 is 36.7 Å². The lowest BCUT2D eigenvalue weighted by molar-refractivity contribution is -0.133. The Hall–Kier alpha value is -5.08. The van der Waals surface area contributed by atoms with Crippen molar-refractivity contribution in [2.45, 2.75) is 31.8 Å². The fraction of sp³-hybridized carbons (Fsp3) is 0.385. The van der Waals surface area contributed by atoms with Gasteiger partial charge in [0, 0.05) is 42.8 Å². The van der Waals surface area contributed by atoms with Gasteiger partial charge >= 0.3 is 0 Å². The SMILES string of the molecule is CN(CC(=O)N1CCCCNC(=O)c2cc(ccc2F)-c2cc3c(c(c2)OCC1)OCCN(C(=O)c1cc2ccccc2cn1)C3)C1CCS(=O)(=O)C1. The molecule has 4 heterocycles. The van der Waals surface area contributed by atoms with Crippen LogP contribution in [-0.2, 0) is 21.2 Å². The number of nitrogens with one attached hydrogen (secondary N) is 1. The number of hydrogen-bond donors (Lipinski definition) is 1. The van der Waals surface area contributed by atoms with Gasteiger partial charge in [0.25, 0.3) is 11.8 Å². The largest absolute Gasteiger partial charge is 0.488 e. The third kappa shape index (κ3) is 8.28. The van der Waals surface area contributed by atoms with Crippen LogP contribution in [0.15, 0.2) is 66.9 Å². The fourth-order valence-corrected chi connectivity index (χ4v) is 8.89. The fourth-order valence-electron chi connectivity index (χ4n) is 7.09. The minimum Gasteiger partial charge on any atom is -0.488 e. The minimum absolute atomic E-state index is 0.0332. The zero-order chi connectivity index (χ0) is 37.1. The van der Waals surface area contributed by atoms with E-state index in [2.05, 4.69) is 10.3 Å². The molecule has 0 radical (unpaired) electrons. The van der Waals surface area contributed by atoms with E-state index in [9.17, 15) is 22.8 Å². The van der Waals surface area contributed by atoms with Gasteiger partial charge in [-0.3, -0.25) is 24.3 Å². The number of ether oxygens (including phenoxy) is 2. The normalized spacial score (nSPS) is 19.2. The molecule has 53 heavy (non-hydrogen) atoms. The number of carbonyl (C=O) groups is 3. The predicted molar refractivity (Wildman–Crippen MR) is 197 cm³/mol. The number of fused-ring (bicyclic) bond motifs is 8. The standard InChI is InChI=1S/C39H42FN5O7S/c1-43(31-10-17-53(49,50)25-31)24-36(46)44-12-5-4-11-41-38(47)32-19-27(8-9-33(32)40)29-18-30-23-45(14-16-52-37(30)35(21-29)51-15-13-44)39(48)34-20-26-6-2-3-7-28(26)22-42-34/h2-3,6-9,18-22,31H,4-5,10-17,23-25H2,1H3,(H,41,47). The Balaban J connectivity index is 1.18. The van der Waals surface area contributed by atoms with E-state index in [4.69, 9.17) is 9.47 Å². The number of likely N-dealkylation sites (N-methyl/N-ethyl adjacent to an activating group) is 1. The van der Waals surface area contributed by atoms with E-state index >= 15 is 4.39 Å². The Morgan fingerprint density at radius 2 is 1.75 bits per heavy atom. The van der Waals surface area contributed by atoms with Gasteiger partial charge in [0.15, 0.2) is 21.3 Å². The molecule has 4 aromatic rings. The highest BCUT2D eigenvalue weighted by Gasteiger charge is 2.32. The van der Waals surface area contributed by atoms with Crippen LogP contribution in [0.25, 0.3) is 21.9 Å². The Bertz CT molecular complexity index is 2160. The van der Waals surface area contributed by atoms with Crippen molar-refractivity contribution in [3.8, 4) is 22.6 Å². The number of carbonyl (C=O) groups excluding carboxylic acids is 3. The monoisotopic (exact) mass is 743 g/mol. The Labute approximate surface area is 307 Å². The lowest BCUT2D eigenvalue weighted by Gasteiger charge is -2.28. The van der Waals surface area contributed by atoms with Crippen molar-refractivity contribution in [2.75, 3.05) is 64.5 Å². The molecule has 278 valence electrons. The van der Waals surface area contributed by atoms with Crippen molar-refractivity contribution in [1.82, 2.24) is 25.0 Å². The van der Waals surface area contributed by atoms with Crippen LogP contribution in [0, 0.1) is 5.82 Å². The van der Waals surface area contributed by atoms with Gasteiger partial charge in [0.2, 0.25) is 5.91 Å². The number of rotatable bonds is 4. The second-order valence-electron chi connectivity index (χ2n) is 13.8. The predicted octanol–water partition coefficient (Wildman–Crippen LogP) is 3.93. The van der Waals surface area contributed by atoms with Gasteiger partial charge in [-0.25, -0.2) is 12.8 Å². The maximum atomic E-state index is 15.0. The van der Waals surface area contributed by atoms with Gasteiger partial charge in [0.05, 0.1) is 36.7 Å². The molecule has 1 fully saturated rings. The van der Waals surface area contributed by atoms with Crippen molar-refractivity contribution in [3.05, 3.63) is 89.5 Å². The Morgan fingerprint density at radius 3 is 2.57 bits per heavy atom. The van der Waals surface area contributed by atoms with E-state index in [-0.39, 0.29) is 80.9 Å². The molecule has 1 saturated heterocycles. The summed E-state index contributed by atoms with van der Waals surface area (Å²) in [4.78, 5) is 50.2.